The summed E-state index contributed by atoms with van der Waals surface area (Å²) in [6, 6.07) is 0.00896. The minimum absolute atomic E-state index is 0.0542. The van der Waals surface area contributed by atoms with Crippen LogP contribution in [0.2, 0.25) is 0 Å². The third-order valence-corrected chi connectivity index (χ3v) is 2.78. The van der Waals surface area contributed by atoms with E-state index >= 15 is 0 Å². The van der Waals surface area contributed by atoms with Crippen molar-refractivity contribution in [3.8, 4) is 0 Å². The number of hydrogen-bond acceptors (Lipinski definition) is 3. The van der Waals surface area contributed by atoms with Gasteiger partial charge in [0.2, 0.25) is 5.91 Å². The van der Waals surface area contributed by atoms with Crippen LogP contribution in [0.15, 0.2) is 12.7 Å². The van der Waals surface area contributed by atoms with Crippen molar-refractivity contribution in [2.75, 3.05) is 20.3 Å². The van der Waals surface area contributed by atoms with Gasteiger partial charge < -0.3 is 15.4 Å². The van der Waals surface area contributed by atoms with Gasteiger partial charge in [0.25, 0.3) is 0 Å². The van der Waals surface area contributed by atoms with Crippen LogP contribution < -0.4 is 5.73 Å². The third-order valence-electron chi connectivity index (χ3n) is 2.78. The number of nitrogens with two attached hydrogens (primary N) is 1. The molecule has 0 saturated heterocycles. The summed E-state index contributed by atoms with van der Waals surface area (Å²) in [5.74, 6) is 0.0542. The van der Waals surface area contributed by atoms with E-state index in [1.54, 1.807) is 13.2 Å². The maximum absolute atomic E-state index is 12.0. The van der Waals surface area contributed by atoms with Crippen molar-refractivity contribution in [1.29, 1.82) is 0 Å². The van der Waals surface area contributed by atoms with Crippen molar-refractivity contribution in [2.24, 2.45) is 5.73 Å². The molecule has 4 heteroatoms. The Labute approximate surface area is 97.4 Å². The molecular formula is C12H22N2O2. The quantitative estimate of drug-likeness (QED) is 0.494. The van der Waals surface area contributed by atoms with Crippen LogP contribution in [-0.2, 0) is 9.53 Å². The molecule has 16 heavy (non-hydrogen) atoms. The van der Waals surface area contributed by atoms with Gasteiger partial charge in [-0.15, -0.1) is 6.58 Å². The topological polar surface area (TPSA) is 55.6 Å². The van der Waals surface area contributed by atoms with Crippen molar-refractivity contribution < 1.29 is 9.53 Å². The molecule has 1 aliphatic carbocycles. The SMILES string of the molecule is C=CCN(C(=O)C(N)CCCOC)C1CC1. The van der Waals surface area contributed by atoms with Crippen LogP contribution in [-0.4, -0.2) is 43.2 Å². The number of carbonyl (C=O) groups excluding carboxylic acids is 1. The van der Waals surface area contributed by atoms with Crippen LogP contribution in [0.4, 0.5) is 0 Å². The van der Waals surface area contributed by atoms with E-state index in [1.807, 2.05) is 4.90 Å². The predicted molar refractivity (Wildman–Crippen MR) is 64.0 cm³/mol. The normalized spacial score (nSPS) is 16.9. The maximum Gasteiger partial charge on any atom is 0.240 e. The van der Waals surface area contributed by atoms with Crippen LogP contribution in [0.25, 0.3) is 0 Å². The van der Waals surface area contributed by atoms with Crippen molar-refractivity contribution >= 4 is 5.91 Å². The van der Waals surface area contributed by atoms with Crippen molar-refractivity contribution in [3.63, 3.8) is 0 Å². The molecule has 0 aromatic heterocycles. The monoisotopic (exact) mass is 226 g/mol. The Morgan fingerprint density at radius 2 is 2.38 bits per heavy atom. The first kappa shape index (κ1) is 13.2. The van der Waals surface area contributed by atoms with Gasteiger partial charge in [-0.2, -0.15) is 0 Å². The second kappa shape index (κ2) is 6.66. The second-order valence-corrected chi connectivity index (χ2v) is 4.25. The molecule has 0 aliphatic heterocycles. The molecule has 0 bridgehead atoms. The summed E-state index contributed by atoms with van der Waals surface area (Å²) in [5, 5.41) is 0. The summed E-state index contributed by atoms with van der Waals surface area (Å²) in [5.41, 5.74) is 5.87. The molecular weight excluding hydrogens is 204 g/mol. The smallest absolute Gasteiger partial charge is 0.240 e. The van der Waals surface area contributed by atoms with Crippen LogP contribution in [0, 0.1) is 0 Å². The van der Waals surface area contributed by atoms with E-state index in [9.17, 15) is 4.79 Å². The van der Waals surface area contributed by atoms with Crippen molar-refractivity contribution in [3.05, 3.63) is 12.7 Å². The Morgan fingerprint density at radius 3 is 2.88 bits per heavy atom. The maximum atomic E-state index is 12.0. The Morgan fingerprint density at radius 1 is 1.69 bits per heavy atom. The molecule has 0 spiro atoms. The first-order valence-corrected chi connectivity index (χ1v) is 5.86. The zero-order chi connectivity index (χ0) is 12.0. The number of rotatable bonds is 8. The zero-order valence-electron chi connectivity index (χ0n) is 10.0. The van der Waals surface area contributed by atoms with Crippen LogP contribution >= 0.6 is 0 Å². The third kappa shape index (κ3) is 3.94. The second-order valence-electron chi connectivity index (χ2n) is 4.25. The molecule has 1 amide bonds. The summed E-state index contributed by atoms with van der Waals surface area (Å²) >= 11 is 0. The number of amides is 1. The van der Waals surface area contributed by atoms with Gasteiger partial charge >= 0.3 is 0 Å². The highest BCUT2D eigenvalue weighted by Gasteiger charge is 2.33. The molecule has 1 aliphatic rings. The lowest BCUT2D eigenvalue weighted by Gasteiger charge is -2.24. The van der Waals surface area contributed by atoms with E-state index < -0.39 is 6.04 Å². The Kier molecular flexibility index (Phi) is 5.49. The molecule has 1 unspecified atom stereocenters. The van der Waals surface area contributed by atoms with Crippen LogP contribution in [0.5, 0.6) is 0 Å². The lowest BCUT2D eigenvalue weighted by atomic mass is 10.1. The van der Waals surface area contributed by atoms with E-state index in [2.05, 4.69) is 6.58 Å². The first-order chi connectivity index (χ1) is 7.70. The summed E-state index contributed by atoms with van der Waals surface area (Å²) in [7, 11) is 1.65. The number of hydrogen-bond donors (Lipinski definition) is 1. The van der Waals surface area contributed by atoms with Crippen LogP contribution in [0.1, 0.15) is 25.7 Å². The van der Waals surface area contributed by atoms with Crippen molar-refractivity contribution in [1.82, 2.24) is 4.90 Å². The molecule has 0 radical (unpaired) electrons. The predicted octanol–water partition coefficient (Wildman–Crippen LogP) is 0.917. The summed E-state index contributed by atoms with van der Waals surface area (Å²) in [4.78, 5) is 13.9. The fourth-order valence-electron chi connectivity index (χ4n) is 1.73. The van der Waals surface area contributed by atoms with Gasteiger partial charge in [-0.05, 0) is 25.7 Å². The minimum Gasteiger partial charge on any atom is -0.385 e. The lowest BCUT2D eigenvalue weighted by molar-refractivity contribution is -0.132. The average molecular weight is 226 g/mol. The molecule has 0 aromatic carbocycles. The molecule has 0 heterocycles. The molecule has 2 N–H and O–H groups in total. The van der Waals surface area contributed by atoms with E-state index in [-0.39, 0.29) is 5.91 Å². The van der Waals surface area contributed by atoms with Gasteiger partial charge in [-0.1, -0.05) is 6.08 Å². The van der Waals surface area contributed by atoms with Gasteiger partial charge in [0.05, 0.1) is 6.04 Å². The summed E-state index contributed by atoms with van der Waals surface area (Å²) in [6.45, 7) is 4.94. The van der Waals surface area contributed by atoms with E-state index in [1.165, 1.54) is 0 Å². The van der Waals surface area contributed by atoms with E-state index in [0.29, 0.717) is 25.6 Å². The highest BCUT2D eigenvalue weighted by molar-refractivity contribution is 5.82. The molecule has 1 fully saturated rings. The van der Waals surface area contributed by atoms with Gasteiger partial charge in [0, 0.05) is 26.3 Å². The Hall–Kier alpha value is -0.870. The highest BCUT2D eigenvalue weighted by atomic mass is 16.5. The van der Waals surface area contributed by atoms with Gasteiger partial charge in [-0.3, -0.25) is 4.79 Å². The minimum atomic E-state index is -0.393. The number of nitrogens with zero attached hydrogens (tertiary/aromatic N) is 1. The zero-order valence-corrected chi connectivity index (χ0v) is 10.0. The summed E-state index contributed by atoms with van der Waals surface area (Å²) in [6.07, 6.45) is 5.48. The molecule has 0 aromatic rings. The number of carbonyl (C=O) groups is 1. The number of ether oxygens (including phenoxy) is 1. The van der Waals surface area contributed by atoms with Crippen LogP contribution in [0.3, 0.4) is 0 Å². The Bertz CT molecular complexity index is 239. The highest BCUT2D eigenvalue weighted by Crippen LogP contribution is 2.27. The molecule has 1 saturated carbocycles. The molecule has 92 valence electrons. The molecule has 4 nitrogen and oxygen atoms in total. The first-order valence-electron chi connectivity index (χ1n) is 5.86. The molecule has 1 rings (SSSR count). The van der Waals surface area contributed by atoms with Gasteiger partial charge in [0.15, 0.2) is 0 Å². The Balaban J connectivity index is 2.36. The van der Waals surface area contributed by atoms with E-state index in [4.69, 9.17) is 10.5 Å². The van der Waals surface area contributed by atoms with E-state index in [0.717, 1.165) is 19.3 Å². The number of methoxy groups -OCH3 is 1. The summed E-state index contributed by atoms with van der Waals surface area (Å²) < 4.78 is 4.94. The van der Waals surface area contributed by atoms with Gasteiger partial charge in [0.1, 0.15) is 0 Å². The van der Waals surface area contributed by atoms with Crippen molar-refractivity contribution in [2.45, 2.75) is 37.8 Å². The molecule has 1 atom stereocenters. The largest absolute Gasteiger partial charge is 0.385 e. The fraction of sp³-hybridized carbons (Fsp3) is 0.750. The lowest BCUT2D eigenvalue weighted by Crippen LogP contribution is -2.45. The average Bonchev–Trinajstić information content (AvgIpc) is 3.09. The van der Waals surface area contributed by atoms with Gasteiger partial charge in [-0.25, -0.2) is 0 Å². The standard InChI is InChI=1S/C12H22N2O2/c1-3-8-14(10-6-7-10)12(15)11(13)5-4-9-16-2/h3,10-11H,1,4-9,13H2,2H3. The fourth-order valence-corrected chi connectivity index (χ4v) is 1.73.